The highest BCUT2D eigenvalue weighted by atomic mass is 19.4. The highest BCUT2D eigenvalue weighted by molar-refractivity contribution is 5.81. The molecule has 0 spiro atoms. The topological polar surface area (TPSA) is 132 Å². The van der Waals surface area contributed by atoms with E-state index in [2.05, 4.69) is 30.7 Å². The molecule has 0 saturated heterocycles. The summed E-state index contributed by atoms with van der Waals surface area (Å²) in [6.07, 6.45) is -3.04. The van der Waals surface area contributed by atoms with Crippen molar-refractivity contribution in [2.75, 3.05) is 24.3 Å². The minimum Gasteiger partial charge on any atom is -0.394 e. The number of alkyl halides is 3. The third-order valence-corrected chi connectivity index (χ3v) is 5.08. The number of aliphatic hydroxyl groups is 1. The molecule has 4 rings (SSSR count). The predicted octanol–water partition coefficient (Wildman–Crippen LogP) is 2.33. The first-order chi connectivity index (χ1) is 15.6. The van der Waals surface area contributed by atoms with Gasteiger partial charge >= 0.3 is 6.18 Å². The molecule has 0 saturated carbocycles. The molecule has 3 aromatic rings. The first-order valence-corrected chi connectivity index (χ1v) is 10.0. The summed E-state index contributed by atoms with van der Waals surface area (Å²) in [5, 5.41) is 20.9. The van der Waals surface area contributed by atoms with Crippen LogP contribution in [-0.2, 0) is 23.9 Å². The van der Waals surface area contributed by atoms with Gasteiger partial charge in [0.05, 0.1) is 18.6 Å². The van der Waals surface area contributed by atoms with Crippen molar-refractivity contribution in [3.05, 3.63) is 41.3 Å². The van der Waals surface area contributed by atoms with E-state index in [4.69, 9.17) is 0 Å². The fourth-order valence-electron chi connectivity index (χ4n) is 3.30. The average Bonchev–Trinajstić information content (AvgIpc) is 3.25. The lowest BCUT2D eigenvalue weighted by Gasteiger charge is -2.25. The number of carbonyl (C=O) groups excluding carboxylic acids is 1. The lowest BCUT2D eigenvalue weighted by molar-refractivity contribution is -0.144. The molecule has 33 heavy (non-hydrogen) atoms. The Morgan fingerprint density at radius 1 is 1.27 bits per heavy atom. The number of carbonyl (C=O) groups is 1. The molecular formula is C20H21F3N8O2. The molecule has 13 heteroatoms. The van der Waals surface area contributed by atoms with Gasteiger partial charge in [-0.1, -0.05) is 6.07 Å². The number of nitrogens with one attached hydrogen (secondary N) is 3. The number of hydrogen-bond donors (Lipinski definition) is 4. The molecule has 4 N–H and O–H groups in total. The van der Waals surface area contributed by atoms with E-state index >= 15 is 0 Å². The predicted molar refractivity (Wildman–Crippen MR) is 112 cm³/mol. The molecule has 0 aliphatic carbocycles. The number of aliphatic hydroxyl groups excluding tert-OH is 1. The standard InChI is InChI=1S/C20H21F3N8O2/c1-10(9-32)25-16-14(17-27-18(30-29-17)20(21,22)23)7-24-19(28-16)26-13-4-3-11-6-15(33)31(2)8-12(11)5-13/h3-5,7,10,32H,6,8-9H2,1-2H3,(H,27,29,30)(H2,24,25,26,28). The summed E-state index contributed by atoms with van der Waals surface area (Å²) < 4.78 is 38.7. The van der Waals surface area contributed by atoms with Crippen molar-refractivity contribution in [2.24, 2.45) is 0 Å². The molecule has 1 unspecified atom stereocenters. The average molecular weight is 462 g/mol. The highest BCUT2D eigenvalue weighted by Crippen LogP contribution is 2.30. The lowest BCUT2D eigenvalue weighted by atomic mass is 9.99. The van der Waals surface area contributed by atoms with E-state index in [1.807, 2.05) is 17.2 Å². The fourth-order valence-corrected chi connectivity index (χ4v) is 3.30. The summed E-state index contributed by atoms with van der Waals surface area (Å²) in [4.78, 5) is 25.6. The second kappa shape index (κ2) is 8.65. The van der Waals surface area contributed by atoms with Crippen LogP contribution in [0.15, 0.2) is 24.4 Å². The zero-order valence-electron chi connectivity index (χ0n) is 17.7. The number of aromatic nitrogens is 5. The number of anilines is 3. The summed E-state index contributed by atoms with van der Waals surface area (Å²) in [6, 6.07) is 5.10. The quantitative estimate of drug-likeness (QED) is 0.439. The van der Waals surface area contributed by atoms with Crippen LogP contribution in [0.2, 0.25) is 0 Å². The van der Waals surface area contributed by atoms with Crippen molar-refractivity contribution in [2.45, 2.75) is 32.1 Å². The van der Waals surface area contributed by atoms with Crippen LogP contribution in [0.4, 0.5) is 30.6 Å². The number of benzene rings is 1. The normalized spacial score (nSPS) is 14.7. The Hall–Kier alpha value is -3.74. The van der Waals surface area contributed by atoms with Gasteiger partial charge in [-0.2, -0.15) is 23.3 Å². The van der Waals surface area contributed by atoms with Crippen molar-refractivity contribution in [1.29, 1.82) is 0 Å². The zero-order valence-corrected chi connectivity index (χ0v) is 17.7. The van der Waals surface area contributed by atoms with E-state index in [9.17, 15) is 23.1 Å². The Morgan fingerprint density at radius 2 is 2.06 bits per heavy atom. The molecule has 1 aromatic carbocycles. The number of rotatable bonds is 6. The van der Waals surface area contributed by atoms with E-state index < -0.39 is 18.0 Å². The molecule has 10 nitrogen and oxygen atoms in total. The Kier molecular flexibility index (Phi) is 5.89. The van der Waals surface area contributed by atoms with Gasteiger partial charge in [0.2, 0.25) is 17.7 Å². The lowest BCUT2D eigenvalue weighted by Crippen LogP contribution is -2.32. The third-order valence-electron chi connectivity index (χ3n) is 5.08. The molecule has 1 amide bonds. The van der Waals surface area contributed by atoms with Crippen molar-refractivity contribution < 1.29 is 23.1 Å². The number of aromatic amines is 1. The second-order valence-electron chi connectivity index (χ2n) is 7.72. The Bertz CT molecular complexity index is 1180. The summed E-state index contributed by atoms with van der Waals surface area (Å²) in [5.74, 6) is -1.08. The second-order valence-corrected chi connectivity index (χ2v) is 7.72. The number of fused-ring (bicyclic) bond motifs is 1. The maximum Gasteiger partial charge on any atom is 0.451 e. The molecule has 0 radical (unpaired) electrons. The van der Waals surface area contributed by atoms with Crippen LogP contribution in [0.5, 0.6) is 0 Å². The van der Waals surface area contributed by atoms with E-state index in [0.717, 1.165) is 11.1 Å². The summed E-state index contributed by atoms with van der Waals surface area (Å²) in [6.45, 7) is 1.93. The van der Waals surface area contributed by atoms with Crippen molar-refractivity contribution >= 4 is 23.4 Å². The first-order valence-electron chi connectivity index (χ1n) is 10.0. The molecule has 2 aromatic heterocycles. The molecular weight excluding hydrogens is 441 g/mol. The molecule has 1 atom stereocenters. The minimum absolute atomic E-state index is 0.0523. The third kappa shape index (κ3) is 4.87. The van der Waals surface area contributed by atoms with Gasteiger partial charge in [-0.05, 0) is 30.2 Å². The van der Waals surface area contributed by atoms with E-state index in [1.165, 1.54) is 6.20 Å². The number of hydrogen-bond acceptors (Lipinski definition) is 8. The minimum atomic E-state index is -4.68. The number of likely N-dealkylation sites (N-methyl/N-ethyl adjacent to an activating group) is 1. The summed E-state index contributed by atoms with van der Waals surface area (Å²) in [7, 11) is 1.74. The van der Waals surface area contributed by atoms with Crippen LogP contribution in [0.3, 0.4) is 0 Å². The number of H-pyrrole nitrogens is 1. The van der Waals surface area contributed by atoms with Crippen LogP contribution in [0, 0.1) is 0 Å². The van der Waals surface area contributed by atoms with E-state index in [-0.39, 0.29) is 35.7 Å². The SMILES string of the molecule is CC(CO)Nc1nc(Nc2ccc3c(c2)CN(C)C(=O)C3)ncc1-c1n[nH]c(C(F)(F)F)n1. The van der Waals surface area contributed by atoms with Crippen LogP contribution in [-0.4, -0.2) is 60.8 Å². The van der Waals surface area contributed by atoms with Crippen LogP contribution >= 0.6 is 0 Å². The van der Waals surface area contributed by atoms with Crippen molar-refractivity contribution in [3.63, 3.8) is 0 Å². The Labute approximate surface area is 186 Å². The monoisotopic (exact) mass is 462 g/mol. The van der Waals surface area contributed by atoms with Crippen LogP contribution in [0.1, 0.15) is 23.9 Å². The van der Waals surface area contributed by atoms with Gasteiger partial charge < -0.3 is 20.6 Å². The summed E-state index contributed by atoms with van der Waals surface area (Å²) in [5.41, 5.74) is 2.76. The molecule has 3 heterocycles. The molecule has 1 aliphatic heterocycles. The molecule has 0 fully saturated rings. The number of nitrogens with zero attached hydrogens (tertiary/aromatic N) is 5. The zero-order chi connectivity index (χ0) is 23.8. The number of halogens is 3. The first kappa shape index (κ1) is 22.5. The maximum atomic E-state index is 12.9. The maximum absolute atomic E-state index is 12.9. The van der Waals surface area contributed by atoms with Gasteiger partial charge in [-0.25, -0.2) is 9.97 Å². The van der Waals surface area contributed by atoms with Gasteiger partial charge in [-0.3, -0.25) is 9.89 Å². The van der Waals surface area contributed by atoms with E-state index in [1.54, 1.807) is 24.9 Å². The van der Waals surface area contributed by atoms with Crippen LogP contribution < -0.4 is 10.6 Å². The van der Waals surface area contributed by atoms with Crippen molar-refractivity contribution in [3.8, 4) is 11.4 Å². The molecule has 174 valence electrons. The summed E-state index contributed by atoms with van der Waals surface area (Å²) >= 11 is 0. The van der Waals surface area contributed by atoms with Crippen LogP contribution in [0.25, 0.3) is 11.4 Å². The fraction of sp³-hybridized carbons (Fsp3) is 0.350. The van der Waals surface area contributed by atoms with Gasteiger partial charge in [0.15, 0.2) is 5.82 Å². The van der Waals surface area contributed by atoms with Gasteiger partial charge in [0.25, 0.3) is 0 Å². The Morgan fingerprint density at radius 3 is 2.76 bits per heavy atom. The van der Waals surface area contributed by atoms with Crippen molar-refractivity contribution in [1.82, 2.24) is 30.0 Å². The van der Waals surface area contributed by atoms with Gasteiger partial charge in [0.1, 0.15) is 5.82 Å². The largest absolute Gasteiger partial charge is 0.451 e. The Balaban J connectivity index is 1.63. The highest BCUT2D eigenvalue weighted by Gasteiger charge is 2.35. The van der Waals surface area contributed by atoms with Gasteiger partial charge in [-0.15, -0.1) is 0 Å². The van der Waals surface area contributed by atoms with E-state index in [0.29, 0.717) is 18.7 Å². The van der Waals surface area contributed by atoms with Gasteiger partial charge in [0, 0.05) is 31.5 Å². The number of amides is 1. The molecule has 0 bridgehead atoms. The smallest absolute Gasteiger partial charge is 0.394 e. The molecule has 1 aliphatic rings.